The molecule has 0 aliphatic carbocycles. The average Bonchev–Trinajstić information content (AvgIpc) is 3.44. The maximum atomic E-state index is 13.0. The lowest BCUT2D eigenvalue weighted by atomic mass is 10.0. The Bertz CT molecular complexity index is 1080. The Morgan fingerprint density at radius 3 is 2.48 bits per heavy atom. The van der Waals surface area contributed by atoms with Crippen LogP contribution in [0, 0.1) is 6.92 Å². The van der Waals surface area contributed by atoms with E-state index in [-0.39, 0.29) is 30.2 Å². The quantitative estimate of drug-likeness (QED) is 0.580. The number of nitrogens with one attached hydrogen (secondary N) is 1. The number of carbonyl (C=O) groups is 3. The van der Waals surface area contributed by atoms with Crippen LogP contribution in [0.4, 0.5) is 0 Å². The monoisotopic (exact) mass is 510 g/mol. The van der Waals surface area contributed by atoms with Crippen molar-refractivity contribution in [2.45, 2.75) is 38.8 Å². The summed E-state index contributed by atoms with van der Waals surface area (Å²) < 4.78 is 0.947. The topological polar surface area (TPSA) is 82.1 Å². The number of hydrogen-bond acceptors (Lipinski definition) is 5. The van der Waals surface area contributed by atoms with Gasteiger partial charge in [0, 0.05) is 28.6 Å². The maximum Gasteiger partial charge on any atom is 0.256 e. The second kappa shape index (κ2) is 9.97. The molecule has 2 aliphatic rings. The third-order valence-corrected chi connectivity index (χ3v) is 6.62. The third-order valence-electron chi connectivity index (χ3n) is 6.09. The van der Waals surface area contributed by atoms with Crippen LogP contribution in [-0.2, 0) is 9.59 Å². The molecule has 0 bridgehead atoms. The molecule has 2 heterocycles. The highest BCUT2D eigenvalue weighted by Gasteiger charge is 2.38. The number of hydrogen-bond donors (Lipinski definition) is 1. The second-order valence-electron chi connectivity index (χ2n) is 8.51. The minimum Gasteiger partial charge on any atom is -0.332 e. The molecule has 0 saturated carbocycles. The summed E-state index contributed by atoms with van der Waals surface area (Å²) in [7, 11) is 0. The molecule has 1 saturated heterocycles. The molecule has 0 spiro atoms. The molecule has 2 amide bonds. The van der Waals surface area contributed by atoms with Gasteiger partial charge in [0.15, 0.2) is 5.78 Å². The van der Waals surface area contributed by atoms with Crippen LogP contribution in [0.3, 0.4) is 0 Å². The summed E-state index contributed by atoms with van der Waals surface area (Å²) in [6.07, 6.45) is 1.34. The zero-order chi connectivity index (χ0) is 23.5. The number of hydrazone groups is 1. The van der Waals surface area contributed by atoms with Gasteiger partial charge < -0.3 is 4.90 Å². The lowest BCUT2D eigenvalue weighted by Gasteiger charge is -2.25. The molecule has 2 atom stereocenters. The molecule has 2 unspecified atom stereocenters. The Hall–Kier alpha value is -2.84. The smallest absolute Gasteiger partial charge is 0.256 e. The van der Waals surface area contributed by atoms with Gasteiger partial charge in [-0.3, -0.25) is 19.7 Å². The molecule has 4 rings (SSSR count). The van der Waals surface area contributed by atoms with E-state index < -0.39 is 6.04 Å². The van der Waals surface area contributed by atoms with Crippen LogP contribution >= 0.6 is 15.9 Å². The normalized spacial score (nSPS) is 19.1. The van der Waals surface area contributed by atoms with Gasteiger partial charge in [0.2, 0.25) is 5.91 Å². The predicted molar refractivity (Wildman–Crippen MR) is 130 cm³/mol. The Morgan fingerprint density at radius 1 is 1.15 bits per heavy atom. The van der Waals surface area contributed by atoms with Crippen LogP contribution in [0.25, 0.3) is 0 Å². The lowest BCUT2D eigenvalue weighted by molar-refractivity contribution is -0.132. The summed E-state index contributed by atoms with van der Waals surface area (Å²) in [6, 6.07) is 14.3. The number of aryl methyl sites for hydroxylation is 1. The van der Waals surface area contributed by atoms with Gasteiger partial charge in [0.05, 0.1) is 30.9 Å². The van der Waals surface area contributed by atoms with Crippen molar-refractivity contribution in [3.8, 4) is 0 Å². The van der Waals surface area contributed by atoms with Gasteiger partial charge in [0.25, 0.3) is 5.91 Å². The number of carbonyl (C=O) groups excluding carboxylic acids is 3. The minimum absolute atomic E-state index is 0.0173. The Kier molecular flexibility index (Phi) is 7.05. The van der Waals surface area contributed by atoms with Gasteiger partial charge in [0.1, 0.15) is 0 Å². The van der Waals surface area contributed by atoms with Crippen molar-refractivity contribution in [1.29, 1.82) is 0 Å². The highest BCUT2D eigenvalue weighted by molar-refractivity contribution is 9.10. The number of ketones is 1. The van der Waals surface area contributed by atoms with Crippen molar-refractivity contribution in [2.24, 2.45) is 5.10 Å². The molecule has 8 heteroatoms. The molecule has 2 aromatic carbocycles. The van der Waals surface area contributed by atoms with Crippen LogP contribution in [0.2, 0.25) is 0 Å². The number of halogens is 1. The fourth-order valence-electron chi connectivity index (χ4n) is 4.15. The SMILES string of the molecule is Cc1ccc(C(=O)C(C)NCC(=O)N2CC(N3CCCC3=O)C(c3ccc(Br)cc3)=N2)cc1. The Labute approximate surface area is 202 Å². The van der Waals surface area contributed by atoms with E-state index in [0.717, 1.165) is 27.7 Å². The molecular weight excluding hydrogens is 484 g/mol. The van der Waals surface area contributed by atoms with Gasteiger partial charge >= 0.3 is 0 Å². The summed E-state index contributed by atoms with van der Waals surface area (Å²) in [4.78, 5) is 39.9. The van der Waals surface area contributed by atoms with Crippen LogP contribution in [-0.4, -0.2) is 64.9 Å². The van der Waals surface area contributed by atoms with E-state index in [1.54, 1.807) is 19.1 Å². The molecule has 0 radical (unpaired) electrons. The largest absolute Gasteiger partial charge is 0.332 e. The molecular formula is C25H27BrN4O3. The van der Waals surface area contributed by atoms with Crippen LogP contribution < -0.4 is 5.32 Å². The van der Waals surface area contributed by atoms with E-state index in [1.807, 2.05) is 48.2 Å². The molecule has 172 valence electrons. The summed E-state index contributed by atoms with van der Waals surface area (Å²) in [5.74, 6) is -0.208. The van der Waals surface area contributed by atoms with Crippen molar-refractivity contribution >= 4 is 39.2 Å². The highest BCUT2D eigenvalue weighted by atomic mass is 79.9. The first-order chi connectivity index (χ1) is 15.8. The molecule has 1 N–H and O–H groups in total. The summed E-state index contributed by atoms with van der Waals surface area (Å²) >= 11 is 3.44. The Morgan fingerprint density at radius 2 is 1.85 bits per heavy atom. The molecule has 2 aliphatic heterocycles. The number of rotatable bonds is 7. The van der Waals surface area contributed by atoms with Crippen molar-refractivity contribution < 1.29 is 14.4 Å². The van der Waals surface area contributed by atoms with Crippen LogP contribution in [0.15, 0.2) is 58.1 Å². The number of likely N-dealkylation sites (tertiary alicyclic amines) is 1. The molecule has 2 aromatic rings. The van der Waals surface area contributed by atoms with E-state index in [1.165, 1.54) is 5.01 Å². The molecule has 0 aromatic heterocycles. The Balaban J connectivity index is 1.45. The fourth-order valence-corrected chi connectivity index (χ4v) is 4.42. The lowest BCUT2D eigenvalue weighted by Crippen LogP contribution is -2.46. The third kappa shape index (κ3) is 5.23. The number of benzene rings is 2. The molecule has 1 fully saturated rings. The first-order valence-electron chi connectivity index (χ1n) is 11.1. The van der Waals surface area contributed by atoms with Gasteiger partial charge in [-0.05, 0) is 32.4 Å². The zero-order valence-corrected chi connectivity index (χ0v) is 20.3. The van der Waals surface area contributed by atoms with E-state index in [4.69, 9.17) is 0 Å². The first-order valence-corrected chi connectivity index (χ1v) is 11.9. The van der Waals surface area contributed by atoms with Crippen molar-refractivity contribution in [2.75, 3.05) is 19.6 Å². The van der Waals surface area contributed by atoms with Crippen molar-refractivity contribution in [3.05, 3.63) is 69.7 Å². The van der Waals surface area contributed by atoms with Gasteiger partial charge in [-0.2, -0.15) is 5.10 Å². The van der Waals surface area contributed by atoms with Gasteiger partial charge in [-0.1, -0.05) is 57.9 Å². The summed E-state index contributed by atoms with van der Waals surface area (Å²) in [5.41, 5.74) is 3.29. The van der Waals surface area contributed by atoms with E-state index in [0.29, 0.717) is 25.1 Å². The van der Waals surface area contributed by atoms with Crippen LogP contribution in [0.1, 0.15) is 41.3 Å². The predicted octanol–water partition coefficient (Wildman–Crippen LogP) is 3.16. The highest BCUT2D eigenvalue weighted by Crippen LogP contribution is 2.24. The first kappa shape index (κ1) is 23.3. The fraction of sp³-hybridized carbons (Fsp3) is 0.360. The van der Waals surface area contributed by atoms with Crippen molar-refractivity contribution in [1.82, 2.24) is 15.2 Å². The minimum atomic E-state index is -0.509. The maximum absolute atomic E-state index is 13.0. The van der Waals surface area contributed by atoms with E-state index in [2.05, 4.69) is 26.3 Å². The van der Waals surface area contributed by atoms with E-state index >= 15 is 0 Å². The van der Waals surface area contributed by atoms with Crippen molar-refractivity contribution in [3.63, 3.8) is 0 Å². The standard InChI is InChI=1S/C25H27BrN4O3/c1-16-5-7-19(8-6-16)25(33)17(2)27-14-23(32)30-15-21(29-13-3-4-22(29)31)24(28-30)18-9-11-20(26)12-10-18/h5-12,17,21,27H,3-4,13-15H2,1-2H3. The van der Waals surface area contributed by atoms with Gasteiger partial charge in [-0.15, -0.1) is 0 Å². The second-order valence-corrected chi connectivity index (χ2v) is 9.42. The molecule has 33 heavy (non-hydrogen) atoms. The molecule has 7 nitrogen and oxygen atoms in total. The summed E-state index contributed by atoms with van der Waals surface area (Å²) in [5, 5.41) is 9.06. The van der Waals surface area contributed by atoms with E-state index in [9.17, 15) is 14.4 Å². The number of Topliss-reactive ketones (excluding diaryl/α,β-unsaturated/α-hetero) is 1. The number of amides is 2. The summed E-state index contributed by atoms with van der Waals surface area (Å²) in [6.45, 7) is 4.69. The van der Waals surface area contributed by atoms with Gasteiger partial charge in [-0.25, -0.2) is 5.01 Å². The average molecular weight is 511 g/mol. The van der Waals surface area contributed by atoms with Crippen LogP contribution in [0.5, 0.6) is 0 Å². The number of nitrogens with zero attached hydrogens (tertiary/aromatic N) is 3. The zero-order valence-electron chi connectivity index (χ0n) is 18.8.